The molecular formula is C26H28Cl2N4O3. The van der Waals surface area contributed by atoms with Crippen molar-refractivity contribution in [3.8, 4) is 11.4 Å². The first-order valence-electron chi connectivity index (χ1n) is 11.9. The Morgan fingerprint density at radius 3 is 2.74 bits per heavy atom. The van der Waals surface area contributed by atoms with Gasteiger partial charge in [-0.05, 0) is 49.9 Å². The van der Waals surface area contributed by atoms with E-state index in [9.17, 15) is 9.59 Å². The normalized spacial score (nSPS) is 15.7. The van der Waals surface area contributed by atoms with Crippen LogP contribution in [0.25, 0.3) is 11.4 Å². The van der Waals surface area contributed by atoms with Gasteiger partial charge in [-0.2, -0.15) is 4.98 Å². The Balaban J connectivity index is 1.53. The molecule has 0 radical (unpaired) electrons. The molecule has 35 heavy (non-hydrogen) atoms. The van der Waals surface area contributed by atoms with Crippen molar-refractivity contribution >= 4 is 35.0 Å². The van der Waals surface area contributed by atoms with Crippen LogP contribution in [0, 0.1) is 0 Å². The van der Waals surface area contributed by atoms with Gasteiger partial charge < -0.3 is 14.3 Å². The lowest BCUT2D eigenvalue weighted by atomic mass is 10.0. The summed E-state index contributed by atoms with van der Waals surface area (Å²) in [6.45, 7) is 3.06. The van der Waals surface area contributed by atoms with Crippen molar-refractivity contribution in [2.45, 2.75) is 45.1 Å². The average molecular weight is 515 g/mol. The quantitative estimate of drug-likeness (QED) is 0.366. The van der Waals surface area contributed by atoms with Crippen LogP contribution in [-0.4, -0.2) is 51.4 Å². The van der Waals surface area contributed by atoms with Gasteiger partial charge in [0.15, 0.2) is 0 Å². The second-order valence-corrected chi connectivity index (χ2v) is 9.47. The van der Waals surface area contributed by atoms with Crippen LogP contribution in [-0.2, 0) is 4.79 Å². The molecule has 1 saturated heterocycles. The smallest absolute Gasteiger partial charge is 0.255 e. The van der Waals surface area contributed by atoms with Gasteiger partial charge in [0.1, 0.15) is 12.6 Å². The van der Waals surface area contributed by atoms with Gasteiger partial charge in [0.25, 0.3) is 5.91 Å². The van der Waals surface area contributed by atoms with Crippen LogP contribution in [0.1, 0.15) is 61.3 Å². The number of unbranched alkanes of at least 4 members (excludes halogenated alkanes) is 1. The number of carbonyl (C=O) groups is 2. The number of likely N-dealkylation sites (tertiary alicyclic amines) is 1. The SMILES string of the molecule is CCCCN(CC(=O)N1CCCCC1c1nc(-c2cccc(Cl)c2)no1)C(=O)c1ccccc1Cl. The summed E-state index contributed by atoms with van der Waals surface area (Å²) in [6, 6.07) is 13.8. The highest BCUT2D eigenvalue weighted by atomic mass is 35.5. The van der Waals surface area contributed by atoms with Crippen molar-refractivity contribution in [3.05, 3.63) is 70.0 Å². The second-order valence-electron chi connectivity index (χ2n) is 8.63. The van der Waals surface area contributed by atoms with Crippen LogP contribution in [0.4, 0.5) is 0 Å². The third-order valence-electron chi connectivity index (χ3n) is 6.13. The molecule has 3 aromatic rings. The molecule has 0 spiro atoms. The molecule has 2 amide bonds. The van der Waals surface area contributed by atoms with Crippen LogP contribution in [0.5, 0.6) is 0 Å². The van der Waals surface area contributed by atoms with E-state index in [4.69, 9.17) is 27.7 Å². The minimum Gasteiger partial charge on any atom is -0.337 e. The van der Waals surface area contributed by atoms with Crippen LogP contribution < -0.4 is 0 Å². The Bertz CT molecular complexity index is 1180. The van der Waals surface area contributed by atoms with Gasteiger partial charge in [0.05, 0.1) is 10.6 Å². The molecule has 0 bridgehead atoms. The summed E-state index contributed by atoms with van der Waals surface area (Å²) < 4.78 is 5.59. The molecule has 4 rings (SSSR count). The minimum atomic E-state index is -0.333. The van der Waals surface area contributed by atoms with E-state index in [1.165, 1.54) is 0 Å². The van der Waals surface area contributed by atoms with Gasteiger partial charge in [-0.3, -0.25) is 9.59 Å². The zero-order chi connectivity index (χ0) is 24.8. The predicted octanol–water partition coefficient (Wildman–Crippen LogP) is 6.04. The molecule has 1 fully saturated rings. The molecule has 0 saturated carbocycles. The molecule has 7 nitrogen and oxygen atoms in total. The fourth-order valence-electron chi connectivity index (χ4n) is 4.26. The molecule has 1 aliphatic heterocycles. The summed E-state index contributed by atoms with van der Waals surface area (Å²) in [4.78, 5) is 34.7. The van der Waals surface area contributed by atoms with Crippen LogP contribution in [0.2, 0.25) is 10.0 Å². The largest absolute Gasteiger partial charge is 0.337 e. The number of aromatic nitrogens is 2. The summed E-state index contributed by atoms with van der Waals surface area (Å²) in [5.74, 6) is 0.435. The third kappa shape index (κ3) is 6.03. The second kappa shape index (κ2) is 11.7. The van der Waals surface area contributed by atoms with Gasteiger partial charge in [-0.1, -0.05) is 66.0 Å². The fourth-order valence-corrected chi connectivity index (χ4v) is 4.67. The molecule has 2 heterocycles. The summed E-state index contributed by atoms with van der Waals surface area (Å²) in [6.07, 6.45) is 4.24. The molecule has 2 aromatic carbocycles. The Kier molecular flexibility index (Phi) is 8.42. The van der Waals surface area contributed by atoms with E-state index < -0.39 is 0 Å². The molecular weight excluding hydrogens is 487 g/mol. The van der Waals surface area contributed by atoms with E-state index >= 15 is 0 Å². The minimum absolute atomic E-state index is 0.0319. The molecule has 9 heteroatoms. The van der Waals surface area contributed by atoms with Crippen molar-refractivity contribution in [2.75, 3.05) is 19.6 Å². The summed E-state index contributed by atoms with van der Waals surface area (Å²) in [7, 11) is 0. The van der Waals surface area contributed by atoms with Gasteiger partial charge in [0, 0.05) is 23.7 Å². The third-order valence-corrected chi connectivity index (χ3v) is 6.70. The number of carbonyl (C=O) groups excluding carboxylic acids is 2. The molecule has 1 aromatic heterocycles. The summed E-state index contributed by atoms with van der Waals surface area (Å²) >= 11 is 12.4. The van der Waals surface area contributed by atoms with Crippen molar-refractivity contribution < 1.29 is 14.1 Å². The zero-order valence-electron chi connectivity index (χ0n) is 19.6. The number of rotatable bonds is 8. The van der Waals surface area contributed by atoms with Crippen LogP contribution >= 0.6 is 23.2 Å². The maximum Gasteiger partial charge on any atom is 0.255 e. The Morgan fingerprint density at radius 2 is 1.97 bits per heavy atom. The van der Waals surface area contributed by atoms with Crippen molar-refractivity contribution in [2.24, 2.45) is 0 Å². The highest BCUT2D eigenvalue weighted by Gasteiger charge is 2.34. The van der Waals surface area contributed by atoms with E-state index in [0.29, 0.717) is 40.4 Å². The standard InChI is InChI=1S/C26H28Cl2N4O3/c1-2-3-14-31(26(34)20-11-4-5-12-21(20)28)17-23(33)32-15-7-6-13-22(32)25-29-24(30-35-25)18-9-8-10-19(27)16-18/h4-5,8-12,16,22H,2-3,6-7,13-15,17H2,1H3. The Morgan fingerprint density at radius 1 is 1.14 bits per heavy atom. The average Bonchev–Trinajstić information content (AvgIpc) is 3.37. The Hall–Kier alpha value is -2.90. The number of hydrogen-bond donors (Lipinski definition) is 0. The lowest BCUT2D eigenvalue weighted by Gasteiger charge is -2.35. The molecule has 0 N–H and O–H groups in total. The maximum atomic E-state index is 13.5. The fraction of sp³-hybridized carbons (Fsp3) is 0.385. The number of amides is 2. The summed E-state index contributed by atoms with van der Waals surface area (Å²) in [5, 5.41) is 5.07. The molecule has 1 atom stereocenters. The molecule has 1 unspecified atom stereocenters. The topological polar surface area (TPSA) is 79.5 Å². The monoisotopic (exact) mass is 514 g/mol. The summed E-state index contributed by atoms with van der Waals surface area (Å²) in [5.41, 5.74) is 1.15. The molecule has 184 valence electrons. The highest BCUT2D eigenvalue weighted by Crippen LogP contribution is 2.32. The Labute approximate surface area is 215 Å². The van der Waals surface area contributed by atoms with E-state index in [1.54, 1.807) is 46.2 Å². The highest BCUT2D eigenvalue weighted by molar-refractivity contribution is 6.33. The maximum absolute atomic E-state index is 13.5. The number of halogens is 2. The van der Waals surface area contributed by atoms with Gasteiger partial charge in [-0.15, -0.1) is 0 Å². The van der Waals surface area contributed by atoms with Crippen molar-refractivity contribution in [1.29, 1.82) is 0 Å². The lowest BCUT2D eigenvalue weighted by molar-refractivity contribution is -0.136. The van der Waals surface area contributed by atoms with E-state index in [1.807, 2.05) is 19.1 Å². The molecule has 1 aliphatic rings. The van der Waals surface area contributed by atoms with Gasteiger partial charge in [-0.25, -0.2) is 0 Å². The predicted molar refractivity (Wildman–Crippen MR) is 135 cm³/mol. The number of piperidine rings is 1. The van der Waals surface area contributed by atoms with E-state index in [0.717, 1.165) is 37.7 Å². The van der Waals surface area contributed by atoms with Crippen LogP contribution in [0.3, 0.4) is 0 Å². The van der Waals surface area contributed by atoms with Gasteiger partial charge >= 0.3 is 0 Å². The zero-order valence-corrected chi connectivity index (χ0v) is 21.1. The van der Waals surface area contributed by atoms with Gasteiger partial charge in [0.2, 0.25) is 17.6 Å². The van der Waals surface area contributed by atoms with Crippen LogP contribution in [0.15, 0.2) is 53.1 Å². The van der Waals surface area contributed by atoms with E-state index in [2.05, 4.69) is 10.1 Å². The number of hydrogen-bond acceptors (Lipinski definition) is 5. The first-order valence-corrected chi connectivity index (χ1v) is 12.7. The number of nitrogens with zero attached hydrogens (tertiary/aromatic N) is 4. The first-order chi connectivity index (χ1) is 17.0. The van der Waals surface area contributed by atoms with Crippen molar-refractivity contribution in [1.82, 2.24) is 19.9 Å². The lowest BCUT2D eigenvalue weighted by Crippen LogP contribution is -2.46. The van der Waals surface area contributed by atoms with E-state index in [-0.39, 0.29) is 24.4 Å². The van der Waals surface area contributed by atoms with Crippen molar-refractivity contribution in [3.63, 3.8) is 0 Å². The molecule has 0 aliphatic carbocycles. The number of benzene rings is 2. The first kappa shape index (κ1) is 25.2.